The van der Waals surface area contributed by atoms with Crippen LogP contribution in [0, 0.1) is 0 Å². The lowest BCUT2D eigenvalue weighted by Crippen LogP contribution is -2.44. The van der Waals surface area contributed by atoms with Crippen molar-refractivity contribution in [2.24, 2.45) is 0 Å². The highest BCUT2D eigenvalue weighted by atomic mass is 16.2. The second-order valence-corrected chi connectivity index (χ2v) is 9.85. The summed E-state index contributed by atoms with van der Waals surface area (Å²) in [5, 5.41) is 6.98. The quantitative estimate of drug-likeness (QED) is 0.158. The third-order valence-corrected chi connectivity index (χ3v) is 6.76. The van der Waals surface area contributed by atoms with Gasteiger partial charge in [0.15, 0.2) is 0 Å². The molecule has 188 valence electrons. The molecule has 0 aromatic carbocycles. The maximum Gasteiger partial charge on any atom is 0.336 e. The van der Waals surface area contributed by atoms with Gasteiger partial charge in [-0.25, -0.2) is 14.8 Å². The van der Waals surface area contributed by atoms with Gasteiger partial charge in [-0.05, 0) is 12.8 Å². The molecule has 0 atom stereocenters. The van der Waals surface area contributed by atoms with Gasteiger partial charge >= 0.3 is 6.03 Å². The fourth-order valence-corrected chi connectivity index (χ4v) is 4.67. The van der Waals surface area contributed by atoms with Crippen LogP contribution in [0.1, 0.15) is 142 Å². The van der Waals surface area contributed by atoms with E-state index in [9.17, 15) is 4.79 Å². The molecular weight excluding hydrogens is 394 g/mol. The van der Waals surface area contributed by atoms with Crippen molar-refractivity contribution in [2.45, 2.75) is 142 Å². The third kappa shape index (κ3) is 14.2. The van der Waals surface area contributed by atoms with E-state index in [0.717, 1.165) is 18.8 Å². The molecule has 0 radical (unpaired) electrons. The maximum atomic E-state index is 12.3. The molecule has 1 heterocycles. The summed E-state index contributed by atoms with van der Waals surface area (Å²) in [6.45, 7) is 11.2. The van der Waals surface area contributed by atoms with Crippen molar-refractivity contribution in [3.05, 3.63) is 12.3 Å². The number of nitrogens with zero attached hydrogens (tertiary/aromatic N) is 2. The van der Waals surface area contributed by atoms with E-state index in [-0.39, 0.29) is 6.03 Å². The zero-order chi connectivity index (χ0) is 23.3. The first kappa shape index (κ1) is 29.0. The molecule has 0 unspecified atom stereocenters. The predicted molar refractivity (Wildman–Crippen MR) is 140 cm³/mol. The highest BCUT2D eigenvalue weighted by Gasteiger charge is 2.28. The first-order valence-electron chi connectivity index (χ1n) is 14.2. The zero-order valence-corrected chi connectivity index (χ0v) is 21.8. The Morgan fingerprint density at radius 1 is 0.656 bits per heavy atom. The number of rotatable bonds is 23. The smallest absolute Gasteiger partial charge is 0.331 e. The third-order valence-electron chi connectivity index (χ3n) is 6.76. The number of hydrogen-bond acceptors (Lipinski definition) is 2. The van der Waals surface area contributed by atoms with Crippen LogP contribution in [0.15, 0.2) is 12.3 Å². The van der Waals surface area contributed by atoms with Crippen molar-refractivity contribution in [2.75, 3.05) is 19.6 Å². The Bertz CT molecular complexity index is 450. The Balaban J connectivity index is 2.08. The summed E-state index contributed by atoms with van der Waals surface area (Å²) in [5.74, 6) is 0. The maximum absolute atomic E-state index is 12.3. The molecule has 0 spiro atoms. The van der Waals surface area contributed by atoms with Crippen LogP contribution in [0.3, 0.4) is 0 Å². The zero-order valence-electron chi connectivity index (χ0n) is 21.8. The monoisotopic (exact) mass is 449 g/mol. The number of carbonyl (C=O) groups is 1. The van der Waals surface area contributed by atoms with Crippen molar-refractivity contribution in [1.29, 1.82) is 0 Å². The molecule has 0 bridgehead atoms. The normalized spacial score (nSPS) is 14.0. The minimum Gasteiger partial charge on any atom is -0.331 e. The molecular formula is C28H55N3O. The van der Waals surface area contributed by atoms with Crippen molar-refractivity contribution in [3.8, 4) is 0 Å². The summed E-state index contributed by atoms with van der Waals surface area (Å²) >= 11 is 0. The molecule has 1 rings (SSSR count). The lowest BCUT2D eigenvalue weighted by molar-refractivity contribution is 0.0513. The van der Waals surface area contributed by atoms with Crippen LogP contribution in [0.5, 0.6) is 0 Å². The van der Waals surface area contributed by atoms with Gasteiger partial charge in [0.25, 0.3) is 0 Å². The Morgan fingerprint density at radius 3 is 1.31 bits per heavy atom. The van der Waals surface area contributed by atoms with Gasteiger partial charge in [-0.3, -0.25) is 0 Å². The Hall–Kier alpha value is -1.03. The molecule has 1 aliphatic rings. The van der Waals surface area contributed by atoms with Crippen LogP contribution in [0.4, 0.5) is 4.79 Å². The number of carbonyl (C=O) groups excluding carboxylic acids is 1. The Labute approximate surface area is 200 Å². The van der Waals surface area contributed by atoms with Crippen molar-refractivity contribution in [3.63, 3.8) is 0 Å². The van der Waals surface area contributed by atoms with E-state index in [1.807, 2.05) is 5.01 Å². The topological polar surface area (TPSA) is 35.6 Å². The van der Waals surface area contributed by atoms with Crippen LogP contribution in [-0.2, 0) is 0 Å². The number of amides is 2. The second kappa shape index (κ2) is 20.6. The molecule has 1 saturated heterocycles. The first-order valence-corrected chi connectivity index (χ1v) is 14.2. The first-order chi connectivity index (χ1) is 15.7. The SMILES string of the molecule is C=C1CNC(=O)N1N(CCCCCCCC)CCCCCCCCCCCCCCCC. The molecule has 4 nitrogen and oxygen atoms in total. The molecule has 0 aromatic heterocycles. The van der Waals surface area contributed by atoms with E-state index < -0.39 is 0 Å². The van der Waals surface area contributed by atoms with Gasteiger partial charge in [0, 0.05) is 13.1 Å². The van der Waals surface area contributed by atoms with Gasteiger partial charge in [0.2, 0.25) is 0 Å². The van der Waals surface area contributed by atoms with Crippen LogP contribution >= 0.6 is 0 Å². The molecule has 0 aromatic rings. The number of hydrazine groups is 1. The molecule has 2 amide bonds. The summed E-state index contributed by atoms with van der Waals surface area (Å²) in [7, 11) is 0. The summed E-state index contributed by atoms with van der Waals surface area (Å²) in [6, 6.07) is 0.00588. The summed E-state index contributed by atoms with van der Waals surface area (Å²) < 4.78 is 0. The van der Waals surface area contributed by atoms with Crippen molar-refractivity contribution in [1.82, 2.24) is 15.3 Å². The van der Waals surface area contributed by atoms with Gasteiger partial charge < -0.3 is 5.32 Å². The van der Waals surface area contributed by atoms with Gasteiger partial charge in [-0.1, -0.05) is 136 Å². The molecule has 1 fully saturated rings. The number of nitrogens with one attached hydrogen (secondary N) is 1. The van der Waals surface area contributed by atoms with Crippen LogP contribution in [-0.4, -0.2) is 35.7 Å². The Kier molecular flexibility index (Phi) is 18.6. The largest absolute Gasteiger partial charge is 0.336 e. The van der Waals surface area contributed by atoms with Gasteiger partial charge in [-0.2, -0.15) is 0 Å². The average Bonchev–Trinajstić information content (AvgIpc) is 3.12. The highest BCUT2D eigenvalue weighted by Crippen LogP contribution is 2.17. The molecule has 1 N–H and O–H groups in total. The molecule has 0 aliphatic carbocycles. The van der Waals surface area contributed by atoms with Gasteiger partial charge in [-0.15, -0.1) is 0 Å². The highest BCUT2D eigenvalue weighted by molar-refractivity contribution is 5.78. The van der Waals surface area contributed by atoms with E-state index in [0.29, 0.717) is 6.54 Å². The molecule has 32 heavy (non-hydrogen) atoms. The lowest BCUT2D eigenvalue weighted by atomic mass is 10.0. The Morgan fingerprint density at radius 2 is 1.00 bits per heavy atom. The van der Waals surface area contributed by atoms with E-state index in [1.54, 1.807) is 0 Å². The molecule has 1 aliphatic heterocycles. The second-order valence-electron chi connectivity index (χ2n) is 9.85. The fourth-order valence-electron chi connectivity index (χ4n) is 4.67. The van der Waals surface area contributed by atoms with Crippen molar-refractivity contribution >= 4 is 6.03 Å². The average molecular weight is 450 g/mol. The summed E-state index contributed by atoms with van der Waals surface area (Å²) in [6.07, 6.45) is 27.0. The number of unbranched alkanes of at least 4 members (excludes halogenated alkanes) is 18. The predicted octanol–water partition coefficient (Wildman–Crippen LogP) is 8.58. The fraction of sp³-hybridized carbons (Fsp3) is 0.893. The molecule has 4 heteroatoms. The summed E-state index contributed by atoms with van der Waals surface area (Å²) in [4.78, 5) is 12.3. The van der Waals surface area contributed by atoms with Gasteiger partial charge in [0.1, 0.15) is 0 Å². The minimum atomic E-state index is 0.00588. The van der Waals surface area contributed by atoms with Crippen molar-refractivity contribution < 1.29 is 4.79 Å². The van der Waals surface area contributed by atoms with Gasteiger partial charge in [0.05, 0.1) is 12.2 Å². The van der Waals surface area contributed by atoms with Crippen LogP contribution < -0.4 is 5.32 Å². The minimum absolute atomic E-state index is 0.00588. The standard InChI is InChI=1S/C28H55N3O/c1-4-6-8-10-12-13-14-15-16-17-18-19-21-23-25-30(24-22-20-11-9-7-5-2)31-27(3)26-29-28(31)32/h3-26H2,1-2H3,(H,29,32). The number of hydrogen-bond donors (Lipinski definition) is 1. The lowest BCUT2D eigenvalue weighted by Gasteiger charge is -2.31. The van der Waals surface area contributed by atoms with E-state index in [1.165, 1.54) is 128 Å². The molecule has 0 saturated carbocycles. The van der Waals surface area contributed by atoms with E-state index in [2.05, 4.69) is 30.8 Å². The number of urea groups is 1. The van der Waals surface area contributed by atoms with E-state index >= 15 is 0 Å². The van der Waals surface area contributed by atoms with Crippen LogP contribution in [0.2, 0.25) is 0 Å². The van der Waals surface area contributed by atoms with Crippen LogP contribution in [0.25, 0.3) is 0 Å². The van der Waals surface area contributed by atoms with E-state index in [4.69, 9.17) is 0 Å². The summed E-state index contributed by atoms with van der Waals surface area (Å²) in [5.41, 5.74) is 0.895.